The maximum Gasteiger partial charge on any atom is 0.263 e. The van der Waals surface area contributed by atoms with Gasteiger partial charge >= 0.3 is 0 Å². The van der Waals surface area contributed by atoms with Crippen molar-refractivity contribution in [2.24, 2.45) is 4.99 Å². The number of amides is 1. The van der Waals surface area contributed by atoms with Gasteiger partial charge in [0.05, 0.1) is 22.2 Å². The molecule has 1 amide bonds. The van der Waals surface area contributed by atoms with Crippen LogP contribution in [0.25, 0.3) is 10.2 Å². The number of carbonyl (C=O) groups excluding carboxylic acids is 1. The number of ether oxygens (including phenoxy) is 3. The van der Waals surface area contributed by atoms with E-state index in [4.69, 9.17) is 14.2 Å². The highest BCUT2D eigenvalue weighted by Gasteiger charge is 2.21. The lowest BCUT2D eigenvalue weighted by molar-refractivity contribution is -0.115. The second kappa shape index (κ2) is 7.53. The number of hydrogen-bond acceptors (Lipinski definition) is 7. The van der Waals surface area contributed by atoms with E-state index in [1.54, 1.807) is 0 Å². The molecule has 1 aliphatic rings. The SMILES string of the molecule is CCn1c(=NC(=O)CS(=O)(=O)c2ccc(OC)cc2)sc2cc3c(cc21)OCO3. The molecule has 29 heavy (non-hydrogen) atoms. The third kappa shape index (κ3) is 3.73. The van der Waals surface area contributed by atoms with Crippen LogP contribution in [0.5, 0.6) is 17.2 Å². The minimum atomic E-state index is -3.81. The molecule has 0 aliphatic carbocycles. The summed E-state index contributed by atoms with van der Waals surface area (Å²) in [5, 5.41) is 0. The van der Waals surface area contributed by atoms with Gasteiger partial charge in [0, 0.05) is 18.7 Å². The maximum atomic E-state index is 12.5. The van der Waals surface area contributed by atoms with Crippen LogP contribution < -0.4 is 19.0 Å². The van der Waals surface area contributed by atoms with E-state index >= 15 is 0 Å². The quantitative estimate of drug-likeness (QED) is 0.612. The molecule has 152 valence electrons. The number of sulfone groups is 1. The number of benzene rings is 2. The standard InChI is InChI=1S/C19H18N2O6S2/c1-3-21-14-8-15-16(27-11-26-15)9-17(14)28-19(21)20-18(22)10-29(23,24)13-6-4-12(25-2)5-7-13/h4-9H,3,10-11H2,1-2H3. The Morgan fingerprint density at radius 3 is 2.55 bits per heavy atom. The van der Waals surface area contributed by atoms with E-state index in [0.29, 0.717) is 28.6 Å². The van der Waals surface area contributed by atoms with Crippen LogP contribution in [0.3, 0.4) is 0 Å². The van der Waals surface area contributed by atoms with E-state index in [1.165, 1.54) is 42.7 Å². The fraction of sp³-hybridized carbons (Fsp3) is 0.263. The van der Waals surface area contributed by atoms with Crippen LogP contribution in [0, 0.1) is 0 Å². The van der Waals surface area contributed by atoms with Gasteiger partial charge in [-0.05, 0) is 31.2 Å². The number of hydrogen-bond donors (Lipinski definition) is 0. The maximum absolute atomic E-state index is 12.5. The van der Waals surface area contributed by atoms with E-state index in [-0.39, 0.29) is 11.7 Å². The van der Waals surface area contributed by atoms with Crippen LogP contribution in [0.4, 0.5) is 0 Å². The van der Waals surface area contributed by atoms with Crippen LogP contribution in [-0.4, -0.2) is 38.5 Å². The molecule has 10 heteroatoms. The van der Waals surface area contributed by atoms with Crippen LogP contribution >= 0.6 is 11.3 Å². The topological polar surface area (TPSA) is 96.2 Å². The predicted molar refractivity (Wildman–Crippen MR) is 107 cm³/mol. The van der Waals surface area contributed by atoms with E-state index < -0.39 is 21.5 Å². The zero-order chi connectivity index (χ0) is 20.6. The predicted octanol–water partition coefficient (Wildman–Crippen LogP) is 2.36. The number of thiazole rings is 1. The molecule has 0 radical (unpaired) electrons. The molecule has 0 saturated heterocycles. The molecule has 0 unspecified atom stereocenters. The minimum absolute atomic E-state index is 0.0484. The lowest BCUT2D eigenvalue weighted by Crippen LogP contribution is -2.20. The zero-order valence-electron chi connectivity index (χ0n) is 15.7. The molecule has 0 saturated carbocycles. The number of aryl methyl sites for hydroxylation is 1. The Labute approximate surface area is 170 Å². The second-order valence-electron chi connectivity index (χ2n) is 6.24. The van der Waals surface area contributed by atoms with Gasteiger partial charge in [0.15, 0.2) is 26.1 Å². The first-order chi connectivity index (χ1) is 13.9. The summed E-state index contributed by atoms with van der Waals surface area (Å²) in [6.07, 6.45) is 0. The van der Waals surface area contributed by atoms with E-state index in [1.807, 2.05) is 23.6 Å². The van der Waals surface area contributed by atoms with E-state index in [9.17, 15) is 13.2 Å². The van der Waals surface area contributed by atoms with Gasteiger partial charge in [-0.2, -0.15) is 4.99 Å². The number of nitrogens with zero attached hydrogens (tertiary/aromatic N) is 2. The largest absolute Gasteiger partial charge is 0.497 e. The van der Waals surface area contributed by atoms with Crippen molar-refractivity contribution in [3.05, 3.63) is 41.2 Å². The van der Waals surface area contributed by atoms with Crippen molar-refractivity contribution < 1.29 is 27.4 Å². The highest BCUT2D eigenvalue weighted by atomic mass is 32.2. The van der Waals surface area contributed by atoms with Crippen molar-refractivity contribution in [3.63, 3.8) is 0 Å². The van der Waals surface area contributed by atoms with Gasteiger partial charge in [0.2, 0.25) is 6.79 Å². The van der Waals surface area contributed by atoms with Crippen molar-refractivity contribution in [1.82, 2.24) is 4.57 Å². The lowest BCUT2D eigenvalue weighted by atomic mass is 10.3. The molecule has 3 aromatic rings. The van der Waals surface area contributed by atoms with Gasteiger partial charge in [-0.25, -0.2) is 8.42 Å². The van der Waals surface area contributed by atoms with Crippen LogP contribution in [0.1, 0.15) is 6.92 Å². The minimum Gasteiger partial charge on any atom is -0.497 e. The molecule has 0 spiro atoms. The Balaban J connectivity index is 1.66. The van der Waals surface area contributed by atoms with Gasteiger partial charge in [0.25, 0.3) is 5.91 Å². The first kappa shape index (κ1) is 19.5. The number of aromatic nitrogens is 1. The summed E-state index contributed by atoms with van der Waals surface area (Å²) in [4.78, 5) is 17.0. The molecular formula is C19H18N2O6S2. The van der Waals surface area contributed by atoms with Crippen LogP contribution in [0.15, 0.2) is 46.3 Å². The summed E-state index contributed by atoms with van der Waals surface area (Å²) < 4.78 is 43.6. The molecule has 8 nitrogen and oxygen atoms in total. The summed E-state index contributed by atoms with van der Waals surface area (Å²) in [6, 6.07) is 9.58. The Morgan fingerprint density at radius 2 is 1.90 bits per heavy atom. The normalized spacial score (nSPS) is 13.8. The molecular weight excluding hydrogens is 416 g/mol. The van der Waals surface area contributed by atoms with Crippen molar-refractivity contribution in [3.8, 4) is 17.2 Å². The molecule has 0 N–H and O–H groups in total. The third-order valence-electron chi connectivity index (χ3n) is 4.45. The average molecular weight is 434 g/mol. The molecule has 4 rings (SSSR count). The molecule has 0 fully saturated rings. The zero-order valence-corrected chi connectivity index (χ0v) is 17.4. The van der Waals surface area contributed by atoms with Gasteiger partial charge in [-0.15, -0.1) is 0 Å². The summed E-state index contributed by atoms with van der Waals surface area (Å²) >= 11 is 1.30. The molecule has 2 heterocycles. The van der Waals surface area contributed by atoms with Gasteiger partial charge in [-0.1, -0.05) is 11.3 Å². The fourth-order valence-electron chi connectivity index (χ4n) is 3.02. The molecule has 1 aromatic heterocycles. The van der Waals surface area contributed by atoms with Gasteiger partial charge < -0.3 is 18.8 Å². The molecule has 0 atom stereocenters. The van der Waals surface area contributed by atoms with Gasteiger partial charge in [-0.3, -0.25) is 4.79 Å². The number of methoxy groups -OCH3 is 1. The third-order valence-corrected chi connectivity index (χ3v) is 7.10. The van der Waals surface area contributed by atoms with Crippen molar-refractivity contribution >= 4 is 37.3 Å². The van der Waals surface area contributed by atoms with E-state index in [0.717, 1.165) is 10.2 Å². The smallest absolute Gasteiger partial charge is 0.263 e. The molecule has 2 aromatic carbocycles. The highest BCUT2D eigenvalue weighted by Crippen LogP contribution is 2.36. The number of rotatable bonds is 5. The van der Waals surface area contributed by atoms with E-state index in [2.05, 4.69) is 4.99 Å². The lowest BCUT2D eigenvalue weighted by Gasteiger charge is -2.04. The fourth-order valence-corrected chi connectivity index (χ4v) is 5.25. The van der Waals surface area contributed by atoms with Crippen LogP contribution in [-0.2, 0) is 21.2 Å². The summed E-state index contributed by atoms with van der Waals surface area (Å²) in [5.74, 6) is 0.378. The van der Waals surface area contributed by atoms with Crippen LogP contribution in [0.2, 0.25) is 0 Å². The molecule has 1 aliphatic heterocycles. The Bertz CT molecular complexity index is 1260. The monoisotopic (exact) mass is 434 g/mol. The first-order valence-electron chi connectivity index (χ1n) is 8.78. The highest BCUT2D eigenvalue weighted by molar-refractivity contribution is 7.92. The Hall–Kier alpha value is -2.85. The Kier molecular flexibility index (Phi) is 5.05. The van der Waals surface area contributed by atoms with Crippen molar-refractivity contribution in [2.75, 3.05) is 19.7 Å². The van der Waals surface area contributed by atoms with Crippen molar-refractivity contribution in [1.29, 1.82) is 0 Å². The second-order valence-corrected chi connectivity index (χ2v) is 9.24. The number of fused-ring (bicyclic) bond motifs is 2. The Morgan fingerprint density at radius 1 is 1.21 bits per heavy atom. The first-order valence-corrected chi connectivity index (χ1v) is 11.3. The summed E-state index contributed by atoms with van der Waals surface area (Å²) in [7, 11) is -2.31. The average Bonchev–Trinajstić information content (AvgIpc) is 3.28. The van der Waals surface area contributed by atoms with Crippen molar-refractivity contribution in [2.45, 2.75) is 18.4 Å². The summed E-state index contributed by atoms with van der Waals surface area (Å²) in [6.45, 7) is 2.67. The number of carbonyl (C=O) groups is 1. The summed E-state index contributed by atoms with van der Waals surface area (Å²) in [5.41, 5.74) is 0.853. The van der Waals surface area contributed by atoms with Gasteiger partial charge in [0.1, 0.15) is 11.5 Å². The molecule has 0 bridgehead atoms.